The van der Waals surface area contributed by atoms with Crippen LogP contribution in [0.5, 0.6) is 0 Å². The van der Waals surface area contributed by atoms with Gasteiger partial charge in [-0.05, 0) is 37.3 Å². The third kappa shape index (κ3) is 2.46. The number of benzene rings is 1. The summed E-state index contributed by atoms with van der Waals surface area (Å²) in [5, 5.41) is 2.86. The zero-order valence-electron chi connectivity index (χ0n) is 10.3. The number of carbonyl (C=O) groups is 1. The van der Waals surface area contributed by atoms with Crippen molar-refractivity contribution in [2.75, 3.05) is 5.32 Å². The molecule has 0 unspecified atom stereocenters. The van der Waals surface area contributed by atoms with Gasteiger partial charge in [-0.1, -0.05) is 0 Å². The molecule has 3 rings (SSSR count). The lowest BCUT2D eigenvalue weighted by Gasteiger charge is -2.05. The molecule has 0 atom stereocenters. The Kier molecular flexibility index (Phi) is 2.97. The van der Waals surface area contributed by atoms with Gasteiger partial charge in [-0.3, -0.25) is 9.78 Å². The van der Waals surface area contributed by atoms with Crippen LogP contribution in [-0.2, 0) is 0 Å². The number of hydrogen-bond acceptors (Lipinski definition) is 4. The lowest BCUT2D eigenvalue weighted by molar-refractivity contribution is 0.102. The maximum atomic E-state index is 12.1. The number of hydrogen-bond donors (Lipinski definition) is 1. The van der Waals surface area contributed by atoms with Gasteiger partial charge in [0.25, 0.3) is 5.91 Å². The van der Waals surface area contributed by atoms with E-state index in [0.717, 1.165) is 21.6 Å². The van der Waals surface area contributed by atoms with Crippen molar-refractivity contribution in [1.29, 1.82) is 0 Å². The van der Waals surface area contributed by atoms with Gasteiger partial charge >= 0.3 is 0 Å². The van der Waals surface area contributed by atoms with Crippen molar-refractivity contribution in [2.24, 2.45) is 0 Å². The van der Waals surface area contributed by atoms with Gasteiger partial charge in [-0.15, -0.1) is 11.3 Å². The zero-order chi connectivity index (χ0) is 13.2. The van der Waals surface area contributed by atoms with E-state index in [2.05, 4.69) is 15.3 Å². The number of anilines is 1. The predicted octanol–water partition coefficient (Wildman–Crippen LogP) is 3.25. The van der Waals surface area contributed by atoms with E-state index >= 15 is 0 Å². The normalized spacial score (nSPS) is 10.6. The number of thiazole rings is 1. The summed E-state index contributed by atoms with van der Waals surface area (Å²) in [5.74, 6) is -0.124. The number of aryl methyl sites for hydroxylation is 1. The molecular formula is C14H11N3OS. The molecule has 0 aliphatic carbocycles. The molecule has 0 spiro atoms. The molecule has 94 valence electrons. The lowest BCUT2D eigenvalue weighted by atomic mass is 10.2. The molecule has 1 N–H and O–H groups in total. The largest absolute Gasteiger partial charge is 0.322 e. The van der Waals surface area contributed by atoms with Crippen LogP contribution < -0.4 is 5.32 Å². The third-order valence-electron chi connectivity index (χ3n) is 2.75. The molecule has 0 saturated heterocycles. The van der Waals surface area contributed by atoms with Crippen LogP contribution in [-0.4, -0.2) is 15.9 Å². The predicted molar refractivity (Wildman–Crippen MR) is 76.5 cm³/mol. The van der Waals surface area contributed by atoms with E-state index in [0.29, 0.717) is 5.56 Å². The van der Waals surface area contributed by atoms with Crippen molar-refractivity contribution in [3.63, 3.8) is 0 Å². The monoisotopic (exact) mass is 269 g/mol. The van der Waals surface area contributed by atoms with Crippen LogP contribution in [0, 0.1) is 6.92 Å². The van der Waals surface area contributed by atoms with E-state index in [4.69, 9.17) is 0 Å². The zero-order valence-corrected chi connectivity index (χ0v) is 11.1. The van der Waals surface area contributed by atoms with Crippen molar-refractivity contribution >= 4 is 33.1 Å². The number of carbonyl (C=O) groups excluding carboxylic acids is 1. The summed E-state index contributed by atoms with van der Waals surface area (Å²) in [6.07, 6.45) is 1.68. The number of aromatic nitrogens is 2. The Morgan fingerprint density at radius 2 is 2.11 bits per heavy atom. The highest BCUT2D eigenvalue weighted by molar-refractivity contribution is 7.16. The molecule has 2 aromatic heterocycles. The smallest absolute Gasteiger partial charge is 0.255 e. The molecule has 1 amide bonds. The molecule has 0 bridgehead atoms. The molecule has 0 fully saturated rings. The van der Waals surface area contributed by atoms with Gasteiger partial charge in [0, 0.05) is 23.1 Å². The van der Waals surface area contributed by atoms with Crippen molar-refractivity contribution < 1.29 is 4.79 Å². The fourth-order valence-electron chi connectivity index (χ4n) is 1.82. The third-order valence-corrected chi connectivity index (χ3v) is 3.54. The van der Waals surface area contributed by atoms with E-state index in [1.54, 1.807) is 23.8 Å². The molecule has 0 saturated carbocycles. The maximum Gasteiger partial charge on any atom is 0.255 e. The molecule has 3 aromatic rings. The van der Waals surface area contributed by atoms with Crippen molar-refractivity contribution in [1.82, 2.24) is 9.97 Å². The highest BCUT2D eigenvalue weighted by Crippen LogP contribution is 2.20. The standard InChI is InChI=1S/C14H11N3OS/c1-9-6-11(4-5-15-9)17-14(18)10-2-3-12-13(7-10)19-8-16-12/h2-8H,1H3,(H,15,17,18). The van der Waals surface area contributed by atoms with Crippen LogP contribution in [0.15, 0.2) is 42.0 Å². The van der Waals surface area contributed by atoms with Crippen molar-refractivity contribution in [3.05, 3.63) is 53.3 Å². The summed E-state index contributed by atoms with van der Waals surface area (Å²) in [7, 11) is 0. The van der Waals surface area contributed by atoms with Gasteiger partial charge in [0.2, 0.25) is 0 Å². The molecule has 19 heavy (non-hydrogen) atoms. The average Bonchev–Trinajstić information content (AvgIpc) is 2.85. The molecule has 0 aliphatic heterocycles. The SMILES string of the molecule is Cc1cc(NC(=O)c2ccc3ncsc3c2)ccn1. The second kappa shape index (κ2) is 4.78. The minimum atomic E-state index is -0.124. The van der Waals surface area contributed by atoms with E-state index in [9.17, 15) is 4.79 Å². The average molecular weight is 269 g/mol. The summed E-state index contributed by atoms with van der Waals surface area (Å²) in [4.78, 5) is 20.4. The van der Waals surface area contributed by atoms with E-state index in [1.807, 2.05) is 25.1 Å². The summed E-state index contributed by atoms with van der Waals surface area (Å²) < 4.78 is 1.01. The lowest BCUT2D eigenvalue weighted by Crippen LogP contribution is -2.11. The molecule has 5 heteroatoms. The van der Waals surface area contributed by atoms with Crippen LogP contribution >= 0.6 is 11.3 Å². The maximum absolute atomic E-state index is 12.1. The fraction of sp³-hybridized carbons (Fsp3) is 0.0714. The second-order valence-electron chi connectivity index (χ2n) is 4.17. The quantitative estimate of drug-likeness (QED) is 0.777. The minimum Gasteiger partial charge on any atom is -0.322 e. The summed E-state index contributed by atoms with van der Waals surface area (Å²) in [6, 6.07) is 9.11. The van der Waals surface area contributed by atoms with Crippen molar-refractivity contribution in [2.45, 2.75) is 6.92 Å². The van der Waals surface area contributed by atoms with Crippen LogP contribution in [0.4, 0.5) is 5.69 Å². The van der Waals surface area contributed by atoms with E-state index < -0.39 is 0 Å². The molecule has 4 nitrogen and oxygen atoms in total. The number of fused-ring (bicyclic) bond motifs is 1. The highest BCUT2D eigenvalue weighted by atomic mass is 32.1. The van der Waals surface area contributed by atoms with Gasteiger partial charge in [0.15, 0.2) is 0 Å². The summed E-state index contributed by atoms with van der Waals surface area (Å²) >= 11 is 1.53. The van der Waals surface area contributed by atoms with Crippen LogP contribution in [0.2, 0.25) is 0 Å². The van der Waals surface area contributed by atoms with Crippen molar-refractivity contribution in [3.8, 4) is 0 Å². The second-order valence-corrected chi connectivity index (χ2v) is 5.06. The molecule has 2 heterocycles. The van der Waals surface area contributed by atoms with E-state index in [1.165, 1.54) is 11.3 Å². The Morgan fingerprint density at radius 1 is 1.21 bits per heavy atom. The number of rotatable bonds is 2. The van der Waals surface area contributed by atoms with Gasteiger partial charge in [0.05, 0.1) is 15.7 Å². The first-order valence-electron chi connectivity index (χ1n) is 5.79. The fourth-order valence-corrected chi connectivity index (χ4v) is 2.54. The van der Waals surface area contributed by atoms with Gasteiger partial charge in [-0.2, -0.15) is 0 Å². The van der Waals surface area contributed by atoms with E-state index in [-0.39, 0.29) is 5.91 Å². The Morgan fingerprint density at radius 3 is 2.95 bits per heavy atom. The Bertz CT molecular complexity index is 751. The Balaban J connectivity index is 1.87. The molecule has 0 radical (unpaired) electrons. The first-order valence-corrected chi connectivity index (χ1v) is 6.67. The number of nitrogens with one attached hydrogen (secondary N) is 1. The van der Waals surface area contributed by atoms with Gasteiger partial charge < -0.3 is 5.32 Å². The first-order chi connectivity index (χ1) is 9.22. The van der Waals surface area contributed by atoms with Crippen LogP contribution in [0.3, 0.4) is 0 Å². The minimum absolute atomic E-state index is 0.124. The molecule has 1 aromatic carbocycles. The van der Waals surface area contributed by atoms with Crippen LogP contribution in [0.25, 0.3) is 10.2 Å². The molecule has 0 aliphatic rings. The summed E-state index contributed by atoms with van der Waals surface area (Å²) in [6.45, 7) is 1.89. The first kappa shape index (κ1) is 11.8. The van der Waals surface area contributed by atoms with Crippen LogP contribution in [0.1, 0.15) is 16.1 Å². The number of pyridine rings is 1. The summed E-state index contributed by atoms with van der Waals surface area (Å²) in [5.41, 5.74) is 4.95. The topological polar surface area (TPSA) is 54.9 Å². The highest BCUT2D eigenvalue weighted by Gasteiger charge is 2.08. The number of amides is 1. The van der Waals surface area contributed by atoms with Gasteiger partial charge in [-0.25, -0.2) is 4.98 Å². The van der Waals surface area contributed by atoms with Gasteiger partial charge in [0.1, 0.15) is 0 Å². The molecular weight excluding hydrogens is 258 g/mol. The number of nitrogens with zero attached hydrogens (tertiary/aromatic N) is 2. The Hall–Kier alpha value is -2.27. The Labute approximate surface area is 114 Å².